The van der Waals surface area contributed by atoms with Crippen LogP contribution in [0.5, 0.6) is 5.75 Å². The number of ether oxygens (including phenoxy) is 1. The third-order valence-corrected chi connectivity index (χ3v) is 2.33. The molecule has 15 heavy (non-hydrogen) atoms. The molecule has 0 spiro atoms. The van der Waals surface area contributed by atoms with Gasteiger partial charge in [0.05, 0.1) is 0 Å². The summed E-state index contributed by atoms with van der Waals surface area (Å²) in [6.45, 7) is 8.22. The number of hydrogen-bond acceptors (Lipinski definition) is 2. The number of benzene rings is 1. The molecule has 0 fully saturated rings. The monoisotopic (exact) mass is 207 g/mol. The summed E-state index contributed by atoms with van der Waals surface area (Å²) >= 11 is 0. The van der Waals surface area contributed by atoms with Gasteiger partial charge < -0.3 is 10.1 Å². The summed E-state index contributed by atoms with van der Waals surface area (Å²) in [6, 6.07) is 8.31. The lowest BCUT2D eigenvalue weighted by Crippen LogP contribution is -2.28. The molecule has 84 valence electrons. The fraction of sp³-hybridized carbons (Fsp3) is 0.538. The topological polar surface area (TPSA) is 21.3 Å². The maximum Gasteiger partial charge on any atom is 0.120 e. The van der Waals surface area contributed by atoms with E-state index in [0.29, 0.717) is 0 Å². The lowest BCUT2D eigenvalue weighted by molar-refractivity contribution is 0.218. The van der Waals surface area contributed by atoms with Gasteiger partial charge in [-0.1, -0.05) is 26.0 Å². The van der Waals surface area contributed by atoms with Gasteiger partial charge >= 0.3 is 0 Å². The van der Waals surface area contributed by atoms with Crippen molar-refractivity contribution in [3.63, 3.8) is 0 Å². The first-order chi connectivity index (χ1) is 7.26. The number of aryl methyl sites for hydroxylation is 1. The minimum atomic E-state index is 0.219. The van der Waals surface area contributed by atoms with Gasteiger partial charge in [-0.25, -0.2) is 0 Å². The molecule has 0 amide bonds. The van der Waals surface area contributed by atoms with Gasteiger partial charge in [-0.15, -0.1) is 0 Å². The van der Waals surface area contributed by atoms with Crippen molar-refractivity contribution >= 4 is 0 Å². The number of hydrogen-bond donors (Lipinski definition) is 1. The van der Waals surface area contributed by atoms with Gasteiger partial charge in [-0.05, 0) is 37.6 Å². The molecule has 1 atom stereocenters. The SMILES string of the molecule is CCNCC(C)Oc1cccc(CC)c1. The fourth-order valence-electron chi connectivity index (χ4n) is 1.46. The molecule has 0 saturated heterocycles. The van der Waals surface area contributed by atoms with Crippen molar-refractivity contribution in [1.82, 2.24) is 5.32 Å². The van der Waals surface area contributed by atoms with Crippen LogP contribution >= 0.6 is 0 Å². The average Bonchev–Trinajstić information content (AvgIpc) is 2.26. The molecule has 0 radical (unpaired) electrons. The molecular weight excluding hydrogens is 186 g/mol. The average molecular weight is 207 g/mol. The Bertz CT molecular complexity index is 286. The van der Waals surface area contributed by atoms with E-state index < -0.39 is 0 Å². The van der Waals surface area contributed by atoms with Gasteiger partial charge in [0, 0.05) is 6.54 Å². The highest BCUT2D eigenvalue weighted by Gasteiger charge is 2.02. The normalized spacial score (nSPS) is 12.5. The van der Waals surface area contributed by atoms with Gasteiger partial charge in [0.2, 0.25) is 0 Å². The van der Waals surface area contributed by atoms with Crippen molar-refractivity contribution in [3.8, 4) is 5.75 Å². The Morgan fingerprint density at radius 2 is 2.13 bits per heavy atom. The summed E-state index contributed by atoms with van der Waals surface area (Å²) in [5, 5.41) is 3.27. The molecule has 0 aliphatic rings. The molecule has 1 aromatic carbocycles. The zero-order chi connectivity index (χ0) is 11.1. The van der Waals surface area contributed by atoms with Gasteiger partial charge in [0.25, 0.3) is 0 Å². The summed E-state index contributed by atoms with van der Waals surface area (Å²) in [6.07, 6.45) is 1.27. The maximum atomic E-state index is 5.80. The van der Waals surface area contributed by atoms with Gasteiger partial charge in [-0.3, -0.25) is 0 Å². The van der Waals surface area contributed by atoms with Crippen LogP contribution in [0.3, 0.4) is 0 Å². The van der Waals surface area contributed by atoms with Crippen molar-refractivity contribution in [3.05, 3.63) is 29.8 Å². The highest BCUT2D eigenvalue weighted by molar-refractivity contribution is 5.28. The second kappa shape index (κ2) is 6.46. The molecule has 1 unspecified atom stereocenters. The van der Waals surface area contributed by atoms with Crippen molar-refractivity contribution in [2.75, 3.05) is 13.1 Å². The van der Waals surface area contributed by atoms with E-state index in [4.69, 9.17) is 4.74 Å². The smallest absolute Gasteiger partial charge is 0.120 e. The minimum absolute atomic E-state index is 0.219. The van der Waals surface area contributed by atoms with E-state index in [1.165, 1.54) is 5.56 Å². The molecule has 0 bridgehead atoms. The van der Waals surface area contributed by atoms with Crippen LogP contribution in [0, 0.1) is 0 Å². The summed E-state index contributed by atoms with van der Waals surface area (Å²) < 4.78 is 5.80. The molecule has 1 N–H and O–H groups in total. The molecule has 1 aromatic rings. The van der Waals surface area contributed by atoms with E-state index in [2.05, 4.69) is 38.2 Å². The Morgan fingerprint density at radius 1 is 1.33 bits per heavy atom. The van der Waals surface area contributed by atoms with E-state index in [9.17, 15) is 0 Å². The van der Waals surface area contributed by atoms with Crippen molar-refractivity contribution in [1.29, 1.82) is 0 Å². The van der Waals surface area contributed by atoms with Crippen LogP contribution in [0.25, 0.3) is 0 Å². The summed E-state index contributed by atoms with van der Waals surface area (Å²) in [7, 11) is 0. The first-order valence-electron chi connectivity index (χ1n) is 5.72. The highest BCUT2D eigenvalue weighted by atomic mass is 16.5. The quantitative estimate of drug-likeness (QED) is 0.774. The Hall–Kier alpha value is -1.02. The van der Waals surface area contributed by atoms with E-state index in [-0.39, 0.29) is 6.10 Å². The van der Waals surface area contributed by atoms with Crippen molar-refractivity contribution in [2.45, 2.75) is 33.3 Å². The molecule has 0 aromatic heterocycles. The number of likely N-dealkylation sites (N-methyl/N-ethyl adjacent to an activating group) is 1. The second-order valence-electron chi connectivity index (χ2n) is 3.74. The van der Waals surface area contributed by atoms with Crippen LogP contribution in [0.2, 0.25) is 0 Å². The zero-order valence-corrected chi connectivity index (χ0v) is 9.92. The predicted molar refractivity (Wildman–Crippen MR) is 64.5 cm³/mol. The van der Waals surface area contributed by atoms with Crippen LogP contribution in [0.4, 0.5) is 0 Å². The fourth-order valence-corrected chi connectivity index (χ4v) is 1.46. The van der Waals surface area contributed by atoms with Gasteiger partial charge in [-0.2, -0.15) is 0 Å². The third kappa shape index (κ3) is 4.34. The number of nitrogens with one attached hydrogen (secondary N) is 1. The lowest BCUT2D eigenvalue weighted by atomic mass is 10.2. The van der Waals surface area contributed by atoms with Crippen LogP contribution in [-0.2, 0) is 6.42 Å². The summed E-state index contributed by atoms with van der Waals surface area (Å²) in [5.74, 6) is 0.972. The lowest BCUT2D eigenvalue weighted by Gasteiger charge is -2.15. The van der Waals surface area contributed by atoms with Crippen LogP contribution in [0.15, 0.2) is 24.3 Å². The highest BCUT2D eigenvalue weighted by Crippen LogP contribution is 2.14. The first kappa shape index (κ1) is 12.1. The van der Waals surface area contributed by atoms with E-state index in [0.717, 1.165) is 25.3 Å². The Kier molecular flexibility index (Phi) is 5.19. The second-order valence-corrected chi connectivity index (χ2v) is 3.74. The standard InChI is InChI=1S/C13H21NO/c1-4-12-7-6-8-13(9-12)15-11(3)10-14-5-2/h6-9,11,14H,4-5,10H2,1-3H3. The van der Waals surface area contributed by atoms with Crippen LogP contribution < -0.4 is 10.1 Å². The third-order valence-electron chi connectivity index (χ3n) is 2.33. The maximum absolute atomic E-state index is 5.80. The Morgan fingerprint density at radius 3 is 2.80 bits per heavy atom. The van der Waals surface area contributed by atoms with Gasteiger partial charge in [0.1, 0.15) is 11.9 Å². The van der Waals surface area contributed by atoms with Gasteiger partial charge in [0.15, 0.2) is 0 Å². The van der Waals surface area contributed by atoms with E-state index in [1.807, 2.05) is 12.1 Å². The van der Waals surface area contributed by atoms with Crippen molar-refractivity contribution in [2.24, 2.45) is 0 Å². The molecule has 0 heterocycles. The Balaban J connectivity index is 2.48. The molecule has 2 nitrogen and oxygen atoms in total. The molecule has 2 heteroatoms. The molecular formula is C13H21NO. The van der Waals surface area contributed by atoms with E-state index in [1.54, 1.807) is 0 Å². The Labute approximate surface area is 92.6 Å². The van der Waals surface area contributed by atoms with E-state index >= 15 is 0 Å². The first-order valence-corrected chi connectivity index (χ1v) is 5.72. The zero-order valence-electron chi connectivity index (χ0n) is 9.92. The summed E-state index contributed by atoms with van der Waals surface area (Å²) in [4.78, 5) is 0. The number of rotatable bonds is 6. The minimum Gasteiger partial charge on any atom is -0.489 e. The predicted octanol–water partition coefficient (Wildman–Crippen LogP) is 2.63. The van der Waals surface area contributed by atoms with Crippen molar-refractivity contribution < 1.29 is 4.74 Å². The molecule has 0 saturated carbocycles. The largest absolute Gasteiger partial charge is 0.489 e. The molecule has 0 aliphatic carbocycles. The molecule has 1 rings (SSSR count). The summed E-state index contributed by atoms with van der Waals surface area (Å²) in [5.41, 5.74) is 1.32. The van der Waals surface area contributed by atoms with Crippen LogP contribution in [0.1, 0.15) is 26.3 Å². The molecule has 0 aliphatic heterocycles. The van der Waals surface area contributed by atoms with Crippen LogP contribution in [-0.4, -0.2) is 19.2 Å².